The maximum absolute atomic E-state index is 13.2. The molecule has 0 aliphatic heterocycles. The number of phenols is 1. The number of halogens is 3. The Labute approximate surface area is 118 Å². The molecule has 2 aromatic carbocycles. The van der Waals surface area contributed by atoms with Crippen LogP contribution in [0.1, 0.15) is 11.4 Å². The van der Waals surface area contributed by atoms with Crippen molar-refractivity contribution in [3.8, 4) is 11.4 Å². The summed E-state index contributed by atoms with van der Waals surface area (Å²) in [6.07, 6.45) is -4.58. The molecule has 0 bridgehead atoms. The van der Waals surface area contributed by atoms with Crippen LogP contribution in [-0.2, 0) is 6.18 Å². The minimum absolute atomic E-state index is 0.107. The van der Waals surface area contributed by atoms with Gasteiger partial charge in [-0.2, -0.15) is 13.2 Å². The molecule has 0 spiro atoms. The molecule has 0 atom stereocenters. The third-order valence-electron chi connectivity index (χ3n) is 3.18. The van der Waals surface area contributed by atoms with Gasteiger partial charge < -0.3 is 5.11 Å². The van der Waals surface area contributed by atoms with Crippen molar-refractivity contribution in [1.82, 2.24) is 9.55 Å². The Morgan fingerprint density at radius 3 is 2.33 bits per heavy atom. The minimum atomic E-state index is -4.58. The van der Waals surface area contributed by atoms with E-state index in [2.05, 4.69) is 4.98 Å². The predicted molar refractivity (Wildman–Crippen MR) is 72.5 cm³/mol. The van der Waals surface area contributed by atoms with Gasteiger partial charge >= 0.3 is 6.18 Å². The van der Waals surface area contributed by atoms with Gasteiger partial charge in [-0.25, -0.2) is 4.98 Å². The molecule has 0 aliphatic carbocycles. The number of imidazole rings is 1. The van der Waals surface area contributed by atoms with E-state index in [1.165, 1.54) is 18.2 Å². The van der Waals surface area contributed by atoms with Crippen LogP contribution in [0.15, 0.2) is 42.5 Å². The van der Waals surface area contributed by atoms with E-state index in [1.54, 1.807) is 24.3 Å². The van der Waals surface area contributed by atoms with Gasteiger partial charge in [0.1, 0.15) is 5.75 Å². The lowest BCUT2D eigenvalue weighted by atomic mass is 10.2. The summed E-state index contributed by atoms with van der Waals surface area (Å²) in [5.74, 6) is -1.11. The highest BCUT2D eigenvalue weighted by Gasteiger charge is 2.38. The van der Waals surface area contributed by atoms with Crippen LogP contribution < -0.4 is 0 Å². The zero-order valence-electron chi connectivity index (χ0n) is 11.0. The van der Waals surface area contributed by atoms with Gasteiger partial charge in [0, 0.05) is 11.8 Å². The Morgan fingerprint density at radius 2 is 1.71 bits per heavy atom. The zero-order chi connectivity index (χ0) is 15.2. The first-order valence-electron chi connectivity index (χ1n) is 6.22. The second-order valence-electron chi connectivity index (χ2n) is 4.78. The average Bonchev–Trinajstić information content (AvgIpc) is 2.78. The molecule has 0 saturated heterocycles. The third-order valence-corrected chi connectivity index (χ3v) is 3.18. The minimum Gasteiger partial charge on any atom is -0.508 e. The highest BCUT2D eigenvalue weighted by molar-refractivity contribution is 5.80. The molecule has 0 fully saturated rings. The molecular formula is C15H11F3N2O. The third kappa shape index (κ3) is 2.33. The van der Waals surface area contributed by atoms with E-state index in [-0.39, 0.29) is 16.8 Å². The molecule has 6 heteroatoms. The standard InChI is InChI=1S/C15H11F3N2O/c1-9-2-4-10(5-3-9)20-13-8-11(21)6-7-12(13)19-14(20)15(16,17)18/h2-8,21H,1H3. The lowest BCUT2D eigenvalue weighted by molar-refractivity contribution is -0.145. The normalized spacial score (nSPS) is 12.0. The van der Waals surface area contributed by atoms with Gasteiger partial charge in [-0.3, -0.25) is 4.57 Å². The van der Waals surface area contributed by atoms with E-state index in [0.29, 0.717) is 5.69 Å². The number of fused-ring (bicyclic) bond motifs is 1. The fourth-order valence-corrected chi connectivity index (χ4v) is 2.21. The summed E-state index contributed by atoms with van der Waals surface area (Å²) in [6, 6.07) is 10.6. The van der Waals surface area contributed by atoms with Crippen LogP contribution in [0.5, 0.6) is 5.75 Å². The molecule has 0 radical (unpaired) electrons. The number of hydrogen-bond donors (Lipinski definition) is 1. The Hall–Kier alpha value is -2.50. The monoisotopic (exact) mass is 292 g/mol. The molecule has 3 aromatic rings. The van der Waals surface area contributed by atoms with Crippen molar-refractivity contribution in [3.63, 3.8) is 0 Å². The van der Waals surface area contributed by atoms with Gasteiger partial charge in [0.2, 0.25) is 5.82 Å². The number of aromatic nitrogens is 2. The van der Waals surface area contributed by atoms with Crippen molar-refractivity contribution in [2.24, 2.45) is 0 Å². The van der Waals surface area contributed by atoms with E-state index >= 15 is 0 Å². The fourth-order valence-electron chi connectivity index (χ4n) is 2.21. The number of aryl methyl sites for hydroxylation is 1. The quantitative estimate of drug-likeness (QED) is 0.734. The molecule has 108 valence electrons. The van der Waals surface area contributed by atoms with Crippen LogP contribution in [0.4, 0.5) is 13.2 Å². The first kappa shape index (κ1) is 13.5. The highest BCUT2D eigenvalue weighted by atomic mass is 19.4. The molecule has 0 unspecified atom stereocenters. The summed E-state index contributed by atoms with van der Waals surface area (Å²) in [5.41, 5.74) is 1.69. The van der Waals surface area contributed by atoms with Gasteiger partial charge in [-0.1, -0.05) is 17.7 Å². The second kappa shape index (κ2) is 4.51. The summed E-state index contributed by atoms with van der Waals surface area (Å²) in [6.45, 7) is 1.85. The number of aromatic hydroxyl groups is 1. The van der Waals surface area contributed by atoms with Crippen molar-refractivity contribution < 1.29 is 18.3 Å². The molecule has 3 nitrogen and oxygen atoms in total. The van der Waals surface area contributed by atoms with Crippen LogP contribution in [0.3, 0.4) is 0 Å². The topological polar surface area (TPSA) is 38.0 Å². The number of phenolic OH excluding ortho intramolecular Hbond substituents is 1. The molecule has 1 heterocycles. The number of nitrogens with zero attached hydrogens (tertiary/aromatic N) is 2. The molecule has 0 saturated carbocycles. The largest absolute Gasteiger partial charge is 0.508 e. The molecule has 1 aromatic heterocycles. The van der Waals surface area contributed by atoms with Crippen molar-refractivity contribution in [2.75, 3.05) is 0 Å². The maximum atomic E-state index is 13.2. The van der Waals surface area contributed by atoms with Gasteiger partial charge in [-0.15, -0.1) is 0 Å². The van der Waals surface area contributed by atoms with Crippen molar-refractivity contribution in [1.29, 1.82) is 0 Å². The molecular weight excluding hydrogens is 281 g/mol. The first-order valence-corrected chi connectivity index (χ1v) is 6.22. The number of alkyl halides is 3. The summed E-state index contributed by atoms with van der Waals surface area (Å²) in [7, 11) is 0. The van der Waals surface area contributed by atoms with Gasteiger partial charge in [0.05, 0.1) is 11.0 Å². The summed E-state index contributed by atoms with van der Waals surface area (Å²) < 4.78 is 40.6. The van der Waals surface area contributed by atoms with Gasteiger partial charge in [-0.05, 0) is 31.2 Å². The maximum Gasteiger partial charge on any atom is 0.450 e. The number of hydrogen-bond acceptors (Lipinski definition) is 2. The van der Waals surface area contributed by atoms with E-state index in [0.717, 1.165) is 10.1 Å². The predicted octanol–water partition coefficient (Wildman–Crippen LogP) is 4.06. The van der Waals surface area contributed by atoms with Crippen LogP contribution in [0, 0.1) is 6.92 Å². The summed E-state index contributed by atoms with van der Waals surface area (Å²) in [4.78, 5) is 3.65. The van der Waals surface area contributed by atoms with Crippen LogP contribution in [0.25, 0.3) is 16.7 Å². The van der Waals surface area contributed by atoms with Crippen molar-refractivity contribution in [2.45, 2.75) is 13.1 Å². The Bertz CT molecular complexity index is 804. The Morgan fingerprint density at radius 1 is 1.05 bits per heavy atom. The first-order chi connectivity index (χ1) is 9.86. The van der Waals surface area contributed by atoms with Crippen molar-refractivity contribution >= 4 is 11.0 Å². The highest BCUT2D eigenvalue weighted by Crippen LogP contribution is 2.34. The summed E-state index contributed by atoms with van der Waals surface area (Å²) in [5, 5.41) is 9.54. The lowest BCUT2D eigenvalue weighted by Crippen LogP contribution is -2.13. The van der Waals surface area contributed by atoms with Crippen LogP contribution in [-0.4, -0.2) is 14.7 Å². The molecule has 0 aliphatic rings. The van der Waals surface area contributed by atoms with Gasteiger partial charge in [0.25, 0.3) is 0 Å². The second-order valence-corrected chi connectivity index (χ2v) is 4.78. The van der Waals surface area contributed by atoms with E-state index in [9.17, 15) is 18.3 Å². The van der Waals surface area contributed by atoms with E-state index in [1.807, 2.05) is 6.92 Å². The lowest BCUT2D eigenvalue weighted by Gasteiger charge is -2.11. The van der Waals surface area contributed by atoms with E-state index < -0.39 is 12.0 Å². The summed E-state index contributed by atoms with van der Waals surface area (Å²) >= 11 is 0. The SMILES string of the molecule is Cc1ccc(-n2c(C(F)(F)F)nc3ccc(O)cc32)cc1. The smallest absolute Gasteiger partial charge is 0.450 e. The number of rotatable bonds is 1. The average molecular weight is 292 g/mol. The zero-order valence-corrected chi connectivity index (χ0v) is 11.0. The molecule has 1 N–H and O–H groups in total. The Balaban J connectivity index is 2.36. The van der Waals surface area contributed by atoms with Crippen LogP contribution in [0.2, 0.25) is 0 Å². The van der Waals surface area contributed by atoms with Crippen molar-refractivity contribution in [3.05, 3.63) is 53.9 Å². The molecule has 0 amide bonds. The molecule has 21 heavy (non-hydrogen) atoms. The molecule has 3 rings (SSSR count). The van der Waals surface area contributed by atoms with E-state index in [4.69, 9.17) is 0 Å². The van der Waals surface area contributed by atoms with Crippen LogP contribution >= 0.6 is 0 Å². The number of benzene rings is 2. The Kier molecular flexibility index (Phi) is 2.90. The van der Waals surface area contributed by atoms with Gasteiger partial charge in [0.15, 0.2) is 0 Å². The fraction of sp³-hybridized carbons (Fsp3) is 0.133.